The van der Waals surface area contributed by atoms with Crippen LogP contribution in [-0.4, -0.2) is 155 Å². The molecule has 5 heterocycles. The van der Waals surface area contributed by atoms with Crippen LogP contribution in [0.3, 0.4) is 0 Å². The van der Waals surface area contributed by atoms with E-state index in [2.05, 4.69) is 48.4 Å². The standard InChI is InChI=1S/C59H74N14O14/c1-9-31-28(2)39-23-44-35-17-14-34(55(83)86-7)51(56(84)87-8)59(35,5)46(70-44)25-40-30(4)33(16-19-50(78)85-6)43(69-40)24-42-32(29(3)38(68-42)22-41(31)67-39)15-18-47(74)71-36(12-10-20-64-57(60)61)52(79)66-27-48(75)72-45(26-49(76)77)53(80)73-37(54(81)82)13-11-21-65-58(62)63/h9,14,17,22-25,36-37,45,51,67,69H,1,10-13,15-16,18-21,26-27H2,2-8H3,(H,66,79)(H,71,74)(H,72,75)(H,73,80)(H,76,77)(H,81,82)(H4,60,61,64)(H4,62,63,65)/t36-,37?,45-,51-,59+/m0/s1. The monoisotopic (exact) mass is 1200 g/mol. The van der Waals surface area contributed by atoms with Crippen LogP contribution < -0.4 is 43.4 Å². The molecule has 0 spiro atoms. The molecule has 0 fully saturated rings. The molecule has 3 aliphatic rings. The Labute approximate surface area is 499 Å². The Balaban J connectivity index is 1.36. The number of H-pyrrole nitrogens is 2. The number of aromatic amines is 2. The fraction of sp³-hybridized carbons (Fsp3) is 0.407. The van der Waals surface area contributed by atoms with E-state index in [0.717, 1.165) is 16.7 Å². The molecule has 1 unspecified atom stereocenters. The molecular formula is C59H74N14O14. The van der Waals surface area contributed by atoms with Gasteiger partial charge < -0.3 is 77.8 Å². The van der Waals surface area contributed by atoms with E-state index < -0.39 is 95.9 Å². The molecule has 3 aromatic heterocycles. The number of aliphatic carboxylic acids is 2. The summed E-state index contributed by atoms with van der Waals surface area (Å²) in [4.78, 5) is 135. The minimum absolute atomic E-state index is 0.00477. The molecule has 4 amide bonds. The van der Waals surface area contributed by atoms with Crippen LogP contribution in [0.5, 0.6) is 0 Å². The zero-order valence-corrected chi connectivity index (χ0v) is 49.4. The summed E-state index contributed by atoms with van der Waals surface area (Å²) < 4.78 is 15.5. The third-order valence-corrected chi connectivity index (χ3v) is 15.4. The molecule has 0 saturated carbocycles. The normalized spacial score (nSPS) is 16.0. The van der Waals surface area contributed by atoms with Gasteiger partial charge in [-0.1, -0.05) is 24.8 Å². The molecule has 87 heavy (non-hydrogen) atoms. The van der Waals surface area contributed by atoms with Crippen molar-refractivity contribution in [2.45, 2.75) is 109 Å². The number of amides is 4. The highest BCUT2D eigenvalue weighted by Gasteiger charge is 2.53. The lowest BCUT2D eigenvalue weighted by Crippen LogP contribution is -2.54. The van der Waals surface area contributed by atoms with Crippen molar-refractivity contribution in [1.82, 2.24) is 51.8 Å². The fourth-order valence-electron chi connectivity index (χ4n) is 10.7. The second kappa shape index (κ2) is 29.1. The van der Waals surface area contributed by atoms with E-state index in [-0.39, 0.29) is 81.9 Å². The first kappa shape index (κ1) is 66.0. The maximum Gasteiger partial charge on any atom is 0.334 e. The molecule has 0 saturated heterocycles. The van der Waals surface area contributed by atoms with Crippen LogP contribution >= 0.6 is 0 Å². The number of nitrogens with one attached hydrogen (secondary N) is 10. The number of carbonyl (C=O) groups excluding carboxylic acids is 7. The number of rotatable bonds is 27. The number of carbonyl (C=O) groups is 9. The molecule has 8 bridgehead atoms. The number of aromatic nitrogens is 4. The minimum atomic E-state index is -1.76. The zero-order valence-electron chi connectivity index (χ0n) is 49.4. The minimum Gasteiger partial charge on any atom is -0.481 e. The Morgan fingerprint density at radius 1 is 0.713 bits per heavy atom. The van der Waals surface area contributed by atoms with Crippen molar-refractivity contribution in [3.63, 3.8) is 0 Å². The zero-order chi connectivity index (χ0) is 64.0. The van der Waals surface area contributed by atoms with Crippen LogP contribution in [-0.2, 0) is 69.2 Å². The first-order chi connectivity index (χ1) is 41.3. The average Bonchev–Trinajstić information content (AvgIpc) is 1.63. The Morgan fingerprint density at radius 2 is 1.33 bits per heavy atom. The van der Waals surface area contributed by atoms with E-state index in [4.69, 9.17) is 46.5 Å². The van der Waals surface area contributed by atoms with Gasteiger partial charge in [0.05, 0.1) is 68.1 Å². The Kier molecular flexibility index (Phi) is 22.1. The summed E-state index contributed by atoms with van der Waals surface area (Å²) in [5.41, 5.74) is 18.7. The van der Waals surface area contributed by atoms with Gasteiger partial charge in [-0.2, -0.15) is 0 Å². The van der Waals surface area contributed by atoms with Crippen LogP contribution in [0, 0.1) is 30.6 Å². The second-order valence-corrected chi connectivity index (χ2v) is 21.0. The molecule has 28 heteroatoms. The number of nitrogens with zero attached hydrogens (tertiary/aromatic N) is 2. The smallest absolute Gasteiger partial charge is 0.334 e. The summed E-state index contributed by atoms with van der Waals surface area (Å²) in [5.74, 6) is -10.3. The number of guanidine groups is 2. The number of carboxylic acids is 2. The van der Waals surface area contributed by atoms with E-state index in [1.807, 2.05) is 39.8 Å². The summed E-state index contributed by atoms with van der Waals surface area (Å²) in [5, 5.41) is 48.8. The second-order valence-electron chi connectivity index (χ2n) is 21.0. The van der Waals surface area contributed by atoms with Gasteiger partial charge in [0.15, 0.2) is 11.9 Å². The molecular weight excluding hydrogens is 1130 g/mol. The van der Waals surface area contributed by atoms with Crippen LogP contribution in [0.25, 0.3) is 44.9 Å². The Bertz CT molecular complexity index is 3580. The molecule has 2 aliphatic heterocycles. The largest absolute Gasteiger partial charge is 0.481 e. The quantitative estimate of drug-likeness (QED) is 0.0171. The van der Waals surface area contributed by atoms with Crippen LogP contribution in [0.1, 0.15) is 110 Å². The summed E-state index contributed by atoms with van der Waals surface area (Å²) in [6.45, 7) is 11.0. The van der Waals surface area contributed by atoms with Gasteiger partial charge in [-0.25, -0.2) is 14.6 Å². The Hall–Kier alpha value is -10.2. The third kappa shape index (κ3) is 15.8. The summed E-state index contributed by atoms with van der Waals surface area (Å²) >= 11 is 0. The van der Waals surface area contributed by atoms with Gasteiger partial charge in [0, 0.05) is 53.6 Å². The van der Waals surface area contributed by atoms with Crippen molar-refractivity contribution in [3.8, 4) is 0 Å². The number of nitrogens with two attached hydrogens (primary N) is 2. The predicted molar refractivity (Wildman–Crippen MR) is 321 cm³/mol. The first-order valence-electron chi connectivity index (χ1n) is 27.8. The highest BCUT2D eigenvalue weighted by molar-refractivity contribution is 6.02. The maximum atomic E-state index is 14.1. The summed E-state index contributed by atoms with van der Waals surface area (Å²) in [6, 6.07) is 2.78. The van der Waals surface area contributed by atoms with Gasteiger partial charge in [0.25, 0.3) is 0 Å². The Morgan fingerprint density at radius 3 is 1.94 bits per heavy atom. The van der Waals surface area contributed by atoms with Crippen molar-refractivity contribution in [1.29, 1.82) is 10.8 Å². The number of esters is 3. The first-order valence-corrected chi connectivity index (χ1v) is 27.8. The number of ether oxygens (including phenoxy) is 3. The van der Waals surface area contributed by atoms with E-state index in [1.54, 1.807) is 30.4 Å². The average molecular weight is 1200 g/mol. The highest BCUT2D eigenvalue weighted by atomic mass is 16.5. The van der Waals surface area contributed by atoms with E-state index in [0.29, 0.717) is 67.1 Å². The lowest BCUT2D eigenvalue weighted by molar-refractivity contribution is -0.149. The molecule has 0 aromatic carbocycles. The van der Waals surface area contributed by atoms with Gasteiger partial charge in [-0.3, -0.25) is 49.4 Å². The number of fused-ring (bicyclic) bond motifs is 11. The lowest BCUT2D eigenvalue weighted by Gasteiger charge is -2.36. The molecule has 28 nitrogen and oxygen atoms in total. The number of hydrogen-bond acceptors (Lipinski definition) is 16. The number of carboxylic acid groups (broad SMARTS) is 2. The number of allylic oxidation sites excluding steroid dienone is 5. The van der Waals surface area contributed by atoms with Crippen molar-refractivity contribution < 1.29 is 67.6 Å². The van der Waals surface area contributed by atoms with Crippen LogP contribution in [0.2, 0.25) is 0 Å². The van der Waals surface area contributed by atoms with Gasteiger partial charge >= 0.3 is 29.8 Å². The van der Waals surface area contributed by atoms with Gasteiger partial charge in [-0.15, -0.1) is 0 Å². The molecule has 3 aromatic rings. The molecule has 1 aliphatic carbocycles. The fourth-order valence-corrected chi connectivity index (χ4v) is 10.7. The topological polar surface area (TPSA) is 451 Å². The van der Waals surface area contributed by atoms with Crippen molar-refractivity contribution in [2.75, 3.05) is 41.0 Å². The lowest BCUT2D eigenvalue weighted by atomic mass is 9.64. The molecule has 6 rings (SSSR count). The summed E-state index contributed by atoms with van der Waals surface area (Å²) in [6.07, 6.45) is 4.31. The van der Waals surface area contributed by atoms with E-state index >= 15 is 0 Å². The van der Waals surface area contributed by atoms with Gasteiger partial charge in [0.1, 0.15) is 24.0 Å². The maximum absolute atomic E-state index is 14.1. The van der Waals surface area contributed by atoms with E-state index in [1.165, 1.54) is 21.3 Å². The molecule has 464 valence electrons. The number of methoxy groups -OCH3 is 3. The van der Waals surface area contributed by atoms with Crippen molar-refractivity contribution in [2.24, 2.45) is 17.4 Å². The van der Waals surface area contributed by atoms with Gasteiger partial charge in [0.2, 0.25) is 23.6 Å². The van der Waals surface area contributed by atoms with Gasteiger partial charge in [-0.05, 0) is 124 Å². The van der Waals surface area contributed by atoms with Crippen molar-refractivity contribution >= 4 is 110 Å². The highest BCUT2D eigenvalue weighted by Crippen LogP contribution is 2.52. The summed E-state index contributed by atoms with van der Waals surface area (Å²) in [7, 11) is 3.75. The van der Waals surface area contributed by atoms with Crippen molar-refractivity contribution in [3.05, 3.63) is 93.6 Å². The SMILES string of the molecule is C=Cc1c(C)c2cc3nc(cc4[nH]c(cc5nc(cc1[nH]2)C(C)=C5CCC(=O)N[C@@H](CCCNC(=N)N)C(=O)NCC(=O)N[C@@H](CC(=O)O)C(=O)NC(CCCNC(=N)N)C(=O)O)c(CCC(=O)OC)c4C)[C@@]1(C)C3=CC=C(C(=O)OC)[C@H]1C(=O)OC. The van der Waals surface area contributed by atoms with Crippen LogP contribution in [0.15, 0.2) is 48.6 Å². The molecule has 5 atom stereocenters. The van der Waals surface area contributed by atoms with E-state index in [9.17, 15) is 53.4 Å². The van der Waals surface area contributed by atoms with Crippen LogP contribution in [0.4, 0.5) is 0 Å². The number of hydrogen-bond donors (Lipinski definition) is 14. The molecule has 0 radical (unpaired) electrons. The third-order valence-electron chi connectivity index (χ3n) is 15.4. The predicted octanol–water partition coefficient (Wildman–Crippen LogP) is 2.29. The molecule has 16 N–H and O–H groups in total. The number of aryl methyl sites for hydroxylation is 3.